The van der Waals surface area contributed by atoms with Gasteiger partial charge in [-0.05, 0) is 50.8 Å². The van der Waals surface area contributed by atoms with Crippen molar-refractivity contribution in [3.63, 3.8) is 0 Å². The van der Waals surface area contributed by atoms with Crippen LogP contribution in [0.25, 0.3) is 5.69 Å². The van der Waals surface area contributed by atoms with Gasteiger partial charge in [0, 0.05) is 41.1 Å². The first kappa shape index (κ1) is 20.0. The first-order valence-electron chi connectivity index (χ1n) is 10.1. The Morgan fingerprint density at radius 1 is 1.14 bits per heavy atom. The molecule has 0 fully saturated rings. The van der Waals surface area contributed by atoms with Gasteiger partial charge in [0.25, 0.3) is 0 Å². The van der Waals surface area contributed by atoms with E-state index in [2.05, 4.69) is 69.6 Å². The average molecular weight is 452 g/mol. The van der Waals surface area contributed by atoms with E-state index in [1.165, 1.54) is 5.69 Å². The Bertz CT molecular complexity index is 1020. The number of aromatic nitrogens is 3. The van der Waals surface area contributed by atoms with Gasteiger partial charge in [0.15, 0.2) is 0 Å². The quantitative estimate of drug-likeness (QED) is 0.539. The van der Waals surface area contributed by atoms with Gasteiger partial charge in [-0.2, -0.15) is 0 Å². The van der Waals surface area contributed by atoms with E-state index in [-0.39, 0.29) is 6.04 Å². The Morgan fingerprint density at radius 2 is 2.00 bits per heavy atom. The monoisotopic (exact) mass is 451 g/mol. The molecule has 0 N–H and O–H groups in total. The predicted octanol–water partition coefficient (Wildman–Crippen LogP) is 4.83. The van der Waals surface area contributed by atoms with E-state index < -0.39 is 0 Å². The molecule has 1 aliphatic heterocycles. The smallest absolute Gasteiger partial charge is 0.138 e. The Kier molecular flexibility index (Phi) is 5.92. The molecule has 5 nitrogen and oxygen atoms in total. The van der Waals surface area contributed by atoms with Crippen LogP contribution in [0.3, 0.4) is 0 Å². The summed E-state index contributed by atoms with van der Waals surface area (Å²) in [5.74, 6) is 1.02. The molecule has 1 aromatic carbocycles. The number of hydrogen-bond acceptors (Lipinski definition) is 4. The molecule has 1 aliphatic rings. The van der Waals surface area contributed by atoms with Crippen molar-refractivity contribution in [1.82, 2.24) is 19.4 Å². The highest BCUT2D eigenvalue weighted by atomic mass is 79.9. The van der Waals surface area contributed by atoms with Gasteiger partial charge in [-0.15, -0.1) is 0 Å². The number of nitrogens with zero attached hydrogens (tertiary/aromatic N) is 5. The Hall–Kier alpha value is -2.31. The van der Waals surface area contributed by atoms with Crippen LogP contribution in [0.2, 0.25) is 0 Å². The zero-order chi connectivity index (χ0) is 20.4. The first-order chi connectivity index (χ1) is 14.1. The van der Waals surface area contributed by atoms with Crippen LogP contribution in [0, 0.1) is 0 Å². The second-order valence-electron chi connectivity index (χ2n) is 7.66. The summed E-state index contributed by atoms with van der Waals surface area (Å²) in [6.07, 6.45) is 6.79. The van der Waals surface area contributed by atoms with Gasteiger partial charge < -0.3 is 4.90 Å². The molecule has 2 aromatic heterocycles. The van der Waals surface area contributed by atoms with Crippen LogP contribution in [-0.2, 0) is 6.42 Å². The molecule has 0 aliphatic carbocycles. The minimum Gasteiger partial charge on any atom is -0.309 e. The molecule has 1 atom stereocenters. The summed E-state index contributed by atoms with van der Waals surface area (Å²) in [7, 11) is 4.21. The van der Waals surface area contributed by atoms with Crippen LogP contribution in [0.4, 0.5) is 0 Å². The molecule has 0 bridgehead atoms. The lowest BCUT2D eigenvalue weighted by Crippen LogP contribution is -2.17. The van der Waals surface area contributed by atoms with E-state index in [0.717, 1.165) is 58.8 Å². The second kappa shape index (κ2) is 8.59. The Balaban J connectivity index is 1.94. The van der Waals surface area contributed by atoms with Gasteiger partial charge in [-0.1, -0.05) is 35.3 Å². The molecular formula is C23H26BrN5. The third kappa shape index (κ3) is 4.05. The predicted molar refractivity (Wildman–Crippen MR) is 121 cm³/mol. The van der Waals surface area contributed by atoms with Crippen molar-refractivity contribution in [1.29, 1.82) is 0 Å². The van der Waals surface area contributed by atoms with E-state index in [9.17, 15) is 0 Å². The molecule has 3 heterocycles. The maximum absolute atomic E-state index is 5.21. The highest BCUT2D eigenvalue weighted by molar-refractivity contribution is 9.10. The number of pyridine rings is 1. The summed E-state index contributed by atoms with van der Waals surface area (Å²) in [6, 6.07) is 12.4. The topological polar surface area (TPSA) is 46.3 Å². The van der Waals surface area contributed by atoms with Crippen molar-refractivity contribution in [3.05, 3.63) is 76.0 Å². The van der Waals surface area contributed by atoms with Crippen molar-refractivity contribution < 1.29 is 0 Å². The number of halogens is 1. The van der Waals surface area contributed by atoms with E-state index in [1.54, 1.807) is 0 Å². The molecule has 4 rings (SSSR count). The fourth-order valence-corrected chi connectivity index (χ4v) is 4.14. The highest BCUT2D eigenvalue weighted by Crippen LogP contribution is 2.34. The Morgan fingerprint density at radius 3 is 2.72 bits per heavy atom. The largest absolute Gasteiger partial charge is 0.309 e. The van der Waals surface area contributed by atoms with E-state index >= 15 is 0 Å². The summed E-state index contributed by atoms with van der Waals surface area (Å²) in [4.78, 5) is 16.9. The van der Waals surface area contributed by atoms with Crippen LogP contribution in [0.15, 0.2) is 58.3 Å². The van der Waals surface area contributed by atoms with E-state index in [0.29, 0.717) is 0 Å². The third-order valence-corrected chi connectivity index (χ3v) is 5.68. The van der Waals surface area contributed by atoms with Crippen LogP contribution in [-0.4, -0.2) is 45.8 Å². The summed E-state index contributed by atoms with van der Waals surface area (Å²) in [5.41, 5.74) is 5.26. The lowest BCUT2D eigenvalue weighted by Gasteiger charge is -2.17. The van der Waals surface area contributed by atoms with Crippen LogP contribution in [0.5, 0.6) is 0 Å². The molecule has 29 heavy (non-hydrogen) atoms. The number of imidazole rings is 1. The molecule has 0 amide bonds. The average Bonchev–Trinajstić information content (AvgIpc) is 3.08. The molecule has 3 aromatic rings. The Labute approximate surface area is 180 Å². The molecule has 150 valence electrons. The van der Waals surface area contributed by atoms with Crippen molar-refractivity contribution in [3.8, 4) is 5.69 Å². The zero-order valence-electron chi connectivity index (χ0n) is 17.1. The van der Waals surface area contributed by atoms with Gasteiger partial charge in [0.05, 0.1) is 17.1 Å². The standard InChI is InChI=1S/C23H26BrN5/c1-4-7-20-23-26-15-17(11-13-28(2)3)29(23)21-10-9-16(24)14-18(21)22(27-20)19-8-5-6-12-25-19/h5-6,8-10,12,14-15,20H,4,7,11,13H2,1-3H3/t20-/m0/s1. The van der Waals surface area contributed by atoms with Gasteiger partial charge in [-0.3, -0.25) is 14.5 Å². The van der Waals surface area contributed by atoms with Gasteiger partial charge in [0.2, 0.25) is 0 Å². The number of aliphatic imine (C=N–C) groups is 1. The normalized spacial score (nSPS) is 15.6. The van der Waals surface area contributed by atoms with Crippen LogP contribution >= 0.6 is 15.9 Å². The highest BCUT2D eigenvalue weighted by Gasteiger charge is 2.28. The van der Waals surface area contributed by atoms with Crippen molar-refractivity contribution in [2.24, 2.45) is 4.99 Å². The lowest BCUT2D eigenvalue weighted by atomic mass is 10.0. The van der Waals surface area contributed by atoms with Crippen LogP contribution < -0.4 is 0 Å². The van der Waals surface area contributed by atoms with E-state index in [4.69, 9.17) is 9.98 Å². The van der Waals surface area contributed by atoms with Gasteiger partial charge in [0.1, 0.15) is 11.9 Å². The number of likely N-dealkylation sites (N-methyl/N-ethyl adjacent to an activating group) is 1. The summed E-state index contributed by atoms with van der Waals surface area (Å²) in [6.45, 7) is 3.17. The SMILES string of the molecule is CCC[C@@H]1N=C(c2ccccn2)c2cc(Br)ccc2-n2c(CCN(C)C)cnc21. The summed E-state index contributed by atoms with van der Waals surface area (Å²) in [5, 5.41) is 0. The molecular weight excluding hydrogens is 426 g/mol. The number of hydrogen-bond donors (Lipinski definition) is 0. The first-order valence-corrected chi connectivity index (χ1v) is 10.9. The third-order valence-electron chi connectivity index (χ3n) is 5.18. The van der Waals surface area contributed by atoms with Crippen molar-refractivity contribution >= 4 is 21.6 Å². The second-order valence-corrected chi connectivity index (χ2v) is 8.57. The van der Waals surface area contributed by atoms with Crippen molar-refractivity contribution in [2.45, 2.75) is 32.2 Å². The summed E-state index contributed by atoms with van der Waals surface area (Å²) < 4.78 is 3.36. The maximum Gasteiger partial charge on any atom is 0.138 e. The molecule has 0 radical (unpaired) electrons. The maximum atomic E-state index is 5.21. The van der Waals surface area contributed by atoms with Crippen LogP contribution in [0.1, 0.15) is 48.6 Å². The van der Waals surface area contributed by atoms with E-state index in [1.807, 2.05) is 30.6 Å². The molecule has 0 spiro atoms. The number of benzene rings is 1. The van der Waals surface area contributed by atoms with Gasteiger partial charge in [-0.25, -0.2) is 4.98 Å². The van der Waals surface area contributed by atoms with Gasteiger partial charge >= 0.3 is 0 Å². The minimum atomic E-state index is 0.0105. The molecule has 0 unspecified atom stereocenters. The lowest BCUT2D eigenvalue weighted by molar-refractivity contribution is 0.410. The fraction of sp³-hybridized carbons (Fsp3) is 0.348. The molecule has 0 saturated carbocycles. The summed E-state index contributed by atoms with van der Waals surface area (Å²) >= 11 is 3.65. The zero-order valence-corrected chi connectivity index (χ0v) is 18.7. The molecule has 0 saturated heterocycles. The minimum absolute atomic E-state index is 0.0105. The fourth-order valence-electron chi connectivity index (χ4n) is 3.78. The molecule has 6 heteroatoms. The van der Waals surface area contributed by atoms with Crippen molar-refractivity contribution in [2.75, 3.05) is 20.6 Å². The number of fused-ring (bicyclic) bond motifs is 3. The number of rotatable bonds is 6.